The van der Waals surface area contributed by atoms with Crippen molar-refractivity contribution in [2.24, 2.45) is 0 Å². The van der Waals surface area contributed by atoms with Crippen molar-refractivity contribution in [2.45, 2.75) is 38.6 Å². The van der Waals surface area contributed by atoms with Gasteiger partial charge < -0.3 is 9.64 Å². The van der Waals surface area contributed by atoms with E-state index in [-0.39, 0.29) is 17.5 Å². The molecular formula is C28H27N3O4. The molecule has 35 heavy (non-hydrogen) atoms. The Morgan fingerprint density at radius 2 is 1.69 bits per heavy atom. The number of carbonyl (C=O) groups is 3. The minimum Gasteiger partial charge on any atom is -0.494 e. The molecule has 3 heterocycles. The highest BCUT2D eigenvalue weighted by Crippen LogP contribution is 2.33. The fraction of sp³-hybridized carbons (Fsp3) is 0.286. The molecule has 1 saturated heterocycles. The summed E-state index contributed by atoms with van der Waals surface area (Å²) in [4.78, 5) is 47.1. The quantitative estimate of drug-likeness (QED) is 0.489. The second-order valence-electron chi connectivity index (χ2n) is 8.78. The lowest BCUT2D eigenvalue weighted by Crippen LogP contribution is -2.35. The first-order valence-electron chi connectivity index (χ1n) is 12.0. The van der Waals surface area contributed by atoms with Gasteiger partial charge >= 0.3 is 0 Å². The van der Waals surface area contributed by atoms with Crippen LogP contribution in [-0.4, -0.2) is 40.8 Å². The van der Waals surface area contributed by atoms with Gasteiger partial charge in [0.2, 0.25) is 0 Å². The molecule has 0 saturated carbocycles. The highest BCUT2D eigenvalue weighted by molar-refractivity contribution is 6.34. The number of ether oxygens (including phenoxy) is 1. The Morgan fingerprint density at radius 3 is 2.43 bits per heavy atom. The van der Waals surface area contributed by atoms with Gasteiger partial charge in [-0.3, -0.25) is 19.4 Å². The normalized spacial score (nSPS) is 17.8. The van der Waals surface area contributed by atoms with Crippen LogP contribution in [0.15, 0.2) is 67.0 Å². The van der Waals surface area contributed by atoms with Gasteiger partial charge in [-0.1, -0.05) is 12.8 Å². The molecule has 178 valence electrons. The Hall–Kier alpha value is -4.00. The third kappa shape index (κ3) is 4.30. The maximum absolute atomic E-state index is 13.7. The van der Waals surface area contributed by atoms with Crippen LogP contribution in [0.5, 0.6) is 5.75 Å². The Kier molecular flexibility index (Phi) is 6.31. The van der Waals surface area contributed by atoms with Crippen LogP contribution in [-0.2, 0) is 0 Å². The Bertz CT molecular complexity index is 1260. The molecule has 3 aromatic rings. The fourth-order valence-corrected chi connectivity index (χ4v) is 4.92. The number of benzene rings is 2. The molecule has 1 fully saturated rings. The molecule has 2 aliphatic rings. The number of nitrogens with zero attached hydrogens (tertiary/aromatic N) is 3. The van der Waals surface area contributed by atoms with E-state index in [9.17, 15) is 14.4 Å². The maximum Gasteiger partial charge on any atom is 0.266 e. The van der Waals surface area contributed by atoms with Crippen molar-refractivity contribution in [1.29, 1.82) is 0 Å². The summed E-state index contributed by atoms with van der Waals surface area (Å²) < 4.78 is 5.45. The minimum atomic E-state index is -0.426. The van der Waals surface area contributed by atoms with Crippen LogP contribution >= 0.6 is 0 Å². The van der Waals surface area contributed by atoms with Crippen LogP contribution in [0.25, 0.3) is 0 Å². The van der Waals surface area contributed by atoms with E-state index in [2.05, 4.69) is 4.98 Å². The van der Waals surface area contributed by atoms with E-state index in [1.165, 1.54) is 0 Å². The second kappa shape index (κ2) is 9.70. The molecule has 1 atom stereocenters. The summed E-state index contributed by atoms with van der Waals surface area (Å²) in [7, 11) is 0. The van der Waals surface area contributed by atoms with E-state index in [4.69, 9.17) is 4.74 Å². The van der Waals surface area contributed by atoms with Gasteiger partial charge in [0.15, 0.2) is 0 Å². The summed E-state index contributed by atoms with van der Waals surface area (Å²) >= 11 is 0. The van der Waals surface area contributed by atoms with Crippen LogP contribution in [0.1, 0.15) is 75.3 Å². The van der Waals surface area contributed by atoms with Gasteiger partial charge in [0.05, 0.1) is 29.5 Å². The molecular weight excluding hydrogens is 442 g/mol. The average Bonchev–Trinajstić information content (AvgIpc) is 3.04. The average molecular weight is 470 g/mol. The summed E-state index contributed by atoms with van der Waals surface area (Å²) in [5.74, 6) is -0.277. The lowest BCUT2D eigenvalue weighted by molar-refractivity contribution is 0.0680. The van der Waals surface area contributed by atoms with Gasteiger partial charge in [-0.25, -0.2) is 4.90 Å². The summed E-state index contributed by atoms with van der Waals surface area (Å²) in [5, 5.41) is 0. The Morgan fingerprint density at radius 1 is 0.943 bits per heavy atom. The van der Waals surface area contributed by atoms with Crippen LogP contribution in [0, 0.1) is 0 Å². The first-order valence-corrected chi connectivity index (χ1v) is 12.0. The van der Waals surface area contributed by atoms with Crippen molar-refractivity contribution in [3.05, 3.63) is 89.2 Å². The topological polar surface area (TPSA) is 79.8 Å². The largest absolute Gasteiger partial charge is 0.494 e. The molecule has 1 unspecified atom stereocenters. The number of hydrogen-bond acceptors (Lipinski definition) is 5. The molecule has 1 aromatic heterocycles. The Labute approximate surface area is 204 Å². The number of amides is 3. The zero-order chi connectivity index (χ0) is 24.4. The lowest BCUT2D eigenvalue weighted by atomic mass is 10.00. The molecule has 0 aliphatic carbocycles. The van der Waals surface area contributed by atoms with Crippen LogP contribution in [0.2, 0.25) is 0 Å². The molecule has 0 spiro atoms. The van der Waals surface area contributed by atoms with Gasteiger partial charge in [0.1, 0.15) is 5.75 Å². The van der Waals surface area contributed by atoms with E-state index < -0.39 is 11.8 Å². The smallest absolute Gasteiger partial charge is 0.266 e. The molecule has 3 amide bonds. The lowest BCUT2D eigenvalue weighted by Gasteiger charge is -2.30. The minimum absolute atomic E-state index is 0.0426. The molecule has 0 radical (unpaired) electrons. The van der Waals surface area contributed by atoms with Gasteiger partial charge in [0, 0.05) is 24.5 Å². The monoisotopic (exact) mass is 469 g/mol. The number of hydrogen-bond donors (Lipinski definition) is 0. The van der Waals surface area contributed by atoms with Gasteiger partial charge in [0.25, 0.3) is 17.7 Å². The number of rotatable bonds is 5. The summed E-state index contributed by atoms with van der Waals surface area (Å²) in [5.41, 5.74) is 2.51. The SMILES string of the molecule is CCOc1ccc(N2C(=O)c3ccc(C(=O)N4CCCCCC4c4ccncc4)cc3C2=O)cc1. The second-order valence-corrected chi connectivity index (χ2v) is 8.78. The van der Waals surface area contributed by atoms with Crippen molar-refractivity contribution in [3.63, 3.8) is 0 Å². The van der Waals surface area contributed by atoms with Gasteiger partial charge in [-0.15, -0.1) is 0 Å². The highest BCUT2D eigenvalue weighted by atomic mass is 16.5. The predicted octanol–water partition coefficient (Wildman–Crippen LogP) is 5.04. The summed E-state index contributed by atoms with van der Waals surface area (Å²) in [6, 6.07) is 15.5. The third-order valence-electron chi connectivity index (χ3n) is 6.64. The molecule has 7 nitrogen and oxygen atoms in total. The molecule has 7 heteroatoms. The first kappa shape index (κ1) is 22.8. The van der Waals surface area contributed by atoms with E-state index >= 15 is 0 Å². The molecule has 0 bridgehead atoms. The molecule has 0 N–H and O–H groups in total. The standard InChI is InChI=1S/C28H27N3O4/c1-2-35-22-10-8-21(9-11-22)31-27(33)23-12-7-20(18-24(23)28(31)34)26(32)30-17-5-3-4-6-25(30)19-13-15-29-16-14-19/h7-16,18,25H,2-6,17H2,1H3. The van der Waals surface area contributed by atoms with Crippen molar-refractivity contribution in [3.8, 4) is 5.75 Å². The number of anilines is 1. The number of carbonyl (C=O) groups excluding carboxylic acids is 3. The van der Waals surface area contributed by atoms with Crippen molar-refractivity contribution < 1.29 is 19.1 Å². The summed E-state index contributed by atoms with van der Waals surface area (Å²) in [6.07, 6.45) is 7.42. The fourth-order valence-electron chi connectivity index (χ4n) is 4.92. The van der Waals surface area contributed by atoms with Crippen molar-refractivity contribution in [1.82, 2.24) is 9.88 Å². The van der Waals surface area contributed by atoms with Crippen molar-refractivity contribution >= 4 is 23.4 Å². The number of imide groups is 1. The number of pyridine rings is 1. The van der Waals surface area contributed by atoms with E-state index in [0.717, 1.165) is 36.1 Å². The maximum atomic E-state index is 13.7. The van der Waals surface area contributed by atoms with E-state index in [1.54, 1.807) is 54.9 Å². The predicted molar refractivity (Wildman–Crippen MR) is 132 cm³/mol. The van der Waals surface area contributed by atoms with Crippen molar-refractivity contribution in [2.75, 3.05) is 18.1 Å². The van der Waals surface area contributed by atoms with Gasteiger partial charge in [-0.2, -0.15) is 0 Å². The van der Waals surface area contributed by atoms with Crippen LogP contribution in [0.3, 0.4) is 0 Å². The summed E-state index contributed by atoms with van der Waals surface area (Å²) in [6.45, 7) is 3.07. The first-order chi connectivity index (χ1) is 17.1. The Balaban J connectivity index is 1.43. The third-order valence-corrected chi connectivity index (χ3v) is 6.64. The molecule has 2 aromatic carbocycles. The number of likely N-dealkylation sites (tertiary alicyclic amines) is 1. The molecule has 2 aliphatic heterocycles. The molecule has 5 rings (SSSR count). The van der Waals surface area contributed by atoms with E-state index in [0.29, 0.717) is 35.7 Å². The number of aromatic nitrogens is 1. The zero-order valence-electron chi connectivity index (χ0n) is 19.6. The van der Waals surface area contributed by atoms with Crippen LogP contribution in [0.4, 0.5) is 5.69 Å². The highest BCUT2D eigenvalue weighted by Gasteiger charge is 2.38. The number of fused-ring (bicyclic) bond motifs is 1. The van der Waals surface area contributed by atoms with Crippen LogP contribution < -0.4 is 9.64 Å². The zero-order valence-corrected chi connectivity index (χ0v) is 19.6. The van der Waals surface area contributed by atoms with E-state index in [1.807, 2.05) is 24.0 Å². The van der Waals surface area contributed by atoms with Gasteiger partial charge in [-0.05, 0) is 79.9 Å².